The monoisotopic (exact) mass is 757 g/mol. The summed E-state index contributed by atoms with van der Waals surface area (Å²) in [6, 6.07) is 0. The molecule has 314 valence electrons. The summed E-state index contributed by atoms with van der Waals surface area (Å²) in [5.41, 5.74) is 0. The number of carbonyl (C=O) groups is 2. The van der Waals surface area contributed by atoms with Crippen molar-refractivity contribution in [3.63, 3.8) is 0 Å². The maximum atomic E-state index is 12.6. The van der Waals surface area contributed by atoms with Gasteiger partial charge in [-0.3, -0.25) is 9.59 Å². The van der Waals surface area contributed by atoms with Gasteiger partial charge in [0, 0.05) is 19.4 Å². The van der Waals surface area contributed by atoms with Crippen LogP contribution in [0.3, 0.4) is 0 Å². The van der Waals surface area contributed by atoms with Crippen LogP contribution in [0.1, 0.15) is 226 Å². The van der Waals surface area contributed by atoms with E-state index < -0.39 is 6.10 Å². The van der Waals surface area contributed by atoms with Gasteiger partial charge in [-0.1, -0.05) is 185 Å². The fraction of sp³-hybridized carbons (Fsp3) is 0.796. The second-order valence-electron chi connectivity index (χ2n) is 15.3. The molecule has 0 aliphatic heterocycles. The smallest absolute Gasteiger partial charge is 0.306 e. The number of hydrogen-bond acceptors (Lipinski definition) is 5. The maximum Gasteiger partial charge on any atom is 0.306 e. The standard InChI is InChI=1S/C49H88O5/c1-4-7-10-13-16-18-20-22-24-26-28-30-32-35-38-41-44-52-45-47(54-49(51)43-40-37-33-15-12-9-6-3)46-53-48(50)42-39-36-34-31-29-27-25-23-21-19-17-14-11-8-5-2/h7,10,16,18,22-25,47H,4-6,8-9,11-15,17,19-21,26-46H2,1-3H3/b10-7-,18-16-,24-22-,25-23-. The van der Waals surface area contributed by atoms with Crippen molar-refractivity contribution in [2.24, 2.45) is 0 Å². The lowest BCUT2D eigenvalue weighted by Gasteiger charge is -2.18. The van der Waals surface area contributed by atoms with Crippen LogP contribution in [-0.4, -0.2) is 37.9 Å². The van der Waals surface area contributed by atoms with Crippen molar-refractivity contribution in [3.8, 4) is 0 Å². The van der Waals surface area contributed by atoms with Gasteiger partial charge in [0.1, 0.15) is 6.61 Å². The highest BCUT2D eigenvalue weighted by molar-refractivity contribution is 5.70. The maximum absolute atomic E-state index is 12.6. The Hall–Kier alpha value is -2.14. The third-order valence-corrected chi connectivity index (χ3v) is 9.85. The van der Waals surface area contributed by atoms with Crippen molar-refractivity contribution in [1.82, 2.24) is 0 Å². The Balaban J connectivity index is 4.17. The number of rotatable bonds is 42. The molecule has 0 aromatic heterocycles. The highest BCUT2D eigenvalue weighted by Crippen LogP contribution is 2.13. The molecular weight excluding hydrogens is 669 g/mol. The summed E-state index contributed by atoms with van der Waals surface area (Å²) < 4.78 is 17.3. The molecule has 0 saturated carbocycles. The molecule has 1 unspecified atom stereocenters. The number of allylic oxidation sites excluding steroid dienone is 8. The van der Waals surface area contributed by atoms with Crippen LogP contribution < -0.4 is 0 Å². The van der Waals surface area contributed by atoms with Crippen LogP contribution in [0.5, 0.6) is 0 Å². The minimum absolute atomic E-state index is 0.0771. The Morgan fingerprint density at radius 2 is 0.833 bits per heavy atom. The first-order valence-electron chi connectivity index (χ1n) is 23.2. The van der Waals surface area contributed by atoms with Crippen LogP contribution >= 0.6 is 0 Å². The molecule has 5 nitrogen and oxygen atoms in total. The van der Waals surface area contributed by atoms with Gasteiger partial charge >= 0.3 is 11.9 Å². The Labute approximate surface area is 335 Å². The van der Waals surface area contributed by atoms with E-state index in [9.17, 15) is 9.59 Å². The van der Waals surface area contributed by atoms with Crippen molar-refractivity contribution in [2.75, 3.05) is 19.8 Å². The summed E-state index contributed by atoms with van der Waals surface area (Å²) in [6.45, 7) is 7.65. The zero-order chi connectivity index (χ0) is 39.3. The molecule has 5 heteroatoms. The van der Waals surface area contributed by atoms with Crippen LogP contribution in [0.2, 0.25) is 0 Å². The summed E-state index contributed by atoms with van der Waals surface area (Å²) in [5, 5.41) is 0. The van der Waals surface area contributed by atoms with Crippen molar-refractivity contribution < 1.29 is 23.8 Å². The number of esters is 2. The van der Waals surface area contributed by atoms with Crippen LogP contribution in [0.25, 0.3) is 0 Å². The van der Waals surface area contributed by atoms with E-state index in [1.165, 1.54) is 116 Å². The molecule has 54 heavy (non-hydrogen) atoms. The first-order valence-corrected chi connectivity index (χ1v) is 23.2. The van der Waals surface area contributed by atoms with Gasteiger partial charge in [-0.25, -0.2) is 0 Å². The molecule has 1 atom stereocenters. The fourth-order valence-corrected chi connectivity index (χ4v) is 6.40. The van der Waals surface area contributed by atoms with Crippen molar-refractivity contribution in [1.29, 1.82) is 0 Å². The summed E-state index contributed by atoms with van der Waals surface area (Å²) in [4.78, 5) is 25.1. The lowest BCUT2D eigenvalue weighted by Crippen LogP contribution is -2.30. The van der Waals surface area contributed by atoms with E-state index in [1.54, 1.807) is 0 Å². The lowest BCUT2D eigenvalue weighted by atomic mass is 10.1. The predicted octanol–water partition coefficient (Wildman–Crippen LogP) is 15.2. The summed E-state index contributed by atoms with van der Waals surface area (Å²) in [5.74, 6) is -0.417. The van der Waals surface area contributed by atoms with E-state index in [-0.39, 0.29) is 25.2 Å². The summed E-state index contributed by atoms with van der Waals surface area (Å²) in [7, 11) is 0. The van der Waals surface area contributed by atoms with E-state index in [0.717, 1.165) is 77.0 Å². The van der Waals surface area contributed by atoms with Crippen molar-refractivity contribution in [3.05, 3.63) is 48.6 Å². The average Bonchev–Trinajstić information content (AvgIpc) is 3.17. The molecule has 0 rings (SSSR count). The molecule has 0 spiro atoms. The van der Waals surface area contributed by atoms with Gasteiger partial charge in [-0.05, 0) is 77.0 Å². The summed E-state index contributed by atoms with van der Waals surface area (Å²) in [6.07, 6.45) is 54.0. The molecule has 0 aromatic carbocycles. The highest BCUT2D eigenvalue weighted by atomic mass is 16.6. The van der Waals surface area contributed by atoms with Gasteiger partial charge in [-0.15, -0.1) is 0 Å². The second kappa shape index (κ2) is 45.3. The number of ether oxygens (including phenoxy) is 3. The Bertz CT molecular complexity index is 904. The van der Waals surface area contributed by atoms with E-state index in [0.29, 0.717) is 19.4 Å². The molecular formula is C49H88O5. The number of hydrogen-bond donors (Lipinski definition) is 0. The second-order valence-corrected chi connectivity index (χ2v) is 15.3. The number of unbranched alkanes of at least 4 members (excludes halogenated alkanes) is 23. The first-order chi connectivity index (χ1) is 26.6. The van der Waals surface area contributed by atoms with E-state index in [1.807, 2.05) is 0 Å². The third-order valence-electron chi connectivity index (χ3n) is 9.85. The van der Waals surface area contributed by atoms with Crippen molar-refractivity contribution in [2.45, 2.75) is 232 Å². The number of carbonyl (C=O) groups excluding carboxylic acids is 2. The van der Waals surface area contributed by atoms with Crippen LogP contribution in [0.15, 0.2) is 48.6 Å². The molecule has 0 heterocycles. The Morgan fingerprint density at radius 3 is 1.35 bits per heavy atom. The lowest BCUT2D eigenvalue weighted by molar-refractivity contribution is -0.163. The van der Waals surface area contributed by atoms with Crippen LogP contribution in [0, 0.1) is 0 Å². The van der Waals surface area contributed by atoms with Gasteiger partial charge in [0.05, 0.1) is 6.61 Å². The molecule has 0 aliphatic carbocycles. The average molecular weight is 757 g/mol. The zero-order valence-corrected chi connectivity index (χ0v) is 36.0. The largest absolute Gasteiger partial charge is 0.462 e. The molecule has 0 aliphatic rings. The topological polar surface area (TPSA) is 61.8 Å². The van der Waals surface area contributed by atoms with Gasteiger partial charge in [0.2, 0.25) is 0 Å². The molecule has 0 bridgehead atoms. The molecule has 0 fully saturated rings. The minimum atomic E-state index is -0.540. The van der Waals surface area contributed by atoms with Gasteiger partial charge in [0.15, 0.2) is 6.10 Å². The molecule has 0 saturated heterocycles. The SMILES string of the molecule is CC/C=C\C/C=C\C/C=C\CCCCCCCCOCC(COC(=O)CCCCCCC/C=C\CCCCCCCC)OC(=O)CCCCCCCCC. The van der Waals surface area contributed by atoms with E-state index in [2.05, 4.69) is 69.4 Å². The summed E-state index contributed by atoms with van der Waals surface area (Å²) >= 11 is 0. The van der Waals surface area contributed by atoms with Crippen molar-refractivity contribution >= 4 is 11.9 Å². The van der Waals surface area contributed by atoms with E-state index >= 15 is 0 Å². The Morgan fingerprint density at radius 1 is 0.426 bits per heavy atom. The molecule has 0 amide bonds. The fourth-order valence-electron chi connectivity index (χ4n) is 6.40. The predicted molar refractivity (Wildman–Crippen MR) is 233 cm³/mol. The molecule has 0 aromatic rings. The zero-order valence-electron chi connectivity index (χ0n) is 36.0. The highest BCUT2D eigenvalue weighted by Gasteiger charge is 2.17. The van der Waals surface area contributed by atoms with Gasteiger partial charge in [0.25, 0.3) is 0 Å². The minimum Gasteiger partial charge on any atom is -0.462 e. The molecule has 0 radical (unpaired) electrons. The normalized spacial score (nSPS) is 12.6. The van der Waals surface area contributed by atoms with E-state index in [4.69, 9.17) is 14.2 Å². The Kier molecular flexibility index (Phi) is 43.5. The third kappa shape index (κ3) is 42.6. The first kappa shape index (κ1) is 51.9. The van der Waals surface area contributed by atoms with Gasteiger partial charge < -0.3 is 14.2 Å². The quantitative estimate of drug-likeness (QED) is 0.0353. The van der Waals surface area contributed by atoms with Crippen LogP contribution in [-0.2, 0) is 23.8 Å². The molecule has 0 N–H and O–H groups in total. The van der Waals surface area contributed by atoms with Crippen LogP contribution in [0.4, 0.5) is 0 Å². The van der Waals surface area contributed by atoms with Gasteiger partial charge in [-0.2, -0.15) is 0 Å².